The third kappa shape index (κ3) is 2.84. The van der Waals surface area contributed by atoms with Crippen LogP contribution in [0.5, 0.6) is 11.5 Å². The Kier molecular flexibility index (Phi) is 3.78. The maximum absolute atomic E-state index is 5.81. The monoisotopic (exact) mass is 291 g/mol. The fourth-order valence-corrected chi connectivity index (χ4v) is 2.57. The SMILES string of the molecule is COc1ccc(C2=CC3(CCOC3)ON2)cc1OC(C)C. The second kappa shape index (κ2) is 5.58. The van der Waals surface area contributed by atoms with Crippen LogP contribution in [0.2, 0.25) is 0 Å². The molecular weight excluding hydrogens is 270 g/mol. The van der Waals surface area contributed by atoms with Gasteiger partial charge in [0.1, 0.15) is 5.60 Å². The highest BCUT2D eigenvalue weighted by Gasteiger charge is 2.39. The van der Waals surface area contributed by atoms with Gasteiger partial charge >= 0.3 is 0 Å². The lowest BCUT2D eigenvalue weighted by Crippen LogP contribution is -2.29. The summed E-state index contributed by atoms with van der Waals surface area (Å²) in [5.74, 6) is 1.46. The first kappa shape index (κ1) is 14.2. The number of rotatable bonds is 4. The number of nitrogens with one attached hydrogen (secondary N) is 1. The predicted molar refractivity (Wildman–Crippen MR) is 79.1 cm³/mol. The molecule has 1 saturated heterocycles. The van der Waals surface area contributed by atoms with Crippen molar-refractivity contribution in [1.29, 1.82) is 0 Å². The molecule has 114 valence electrons. The van der Waals surface area contributed by atoms with Gasteiger partial charge in [0.25, 0.3) is 0 Å². The van der Waals surface area contributed by atoms with E-state index in [1.165, 1.54) is 0 Å². The van der Waals surface area contributed by atoms with Crippen LogP contribution in [0.15, 0.2) is 24.3 Å². The molecule has 1 aromatic carbocycles. The summed E-state index contributed by atoms with van der Waals surface area (Å²) in [7, 11) is 1.64. The van der Waals surface area contributed by atoms with Gasteiger partial charge in [-0.3, -0.25) is 10.3 Å². The van der Waals surface area contributed by atoms with Gasteiger partial charge in [-0.1, -0.05) is 0 Å². The third-order valence-electron chi connectivity index (χ3n) is 3.62. The first-order valence-electron chi connectivity index (χ1n) is 7.21. The summed E-state index contributed by atoms with van der Waals surface area (Å²) in [4.78, 5) is 5.71. The van der Waals surface area contributed by atoms with Crippen molar-refractivity contribution in [2.45, 2.75) is 32.0 Å². The van der Waals surface area contributed by atoms with Crippen molar-refractivity contribution in [3.05, 3.63) is 29.8 Å². The molecule has 1 atom stereocenters. The molecule has 21 heavy (non-hydrogen) atoms. The van der Waals surface area contributed by atoms with Crippen molar-refractivity contribution in [2.75, 3.05) is 20.3 Å². The van der Waals surface area contributed by atoms with E-state index in [1.807, 2.05) is 32.0 Å². The number of hydrogen-bond acceptors (Lipinski definition) is 5. The van der Waals surface area contributed by atoms with Gasteiger partial charge in [-0.15, -0.1) is 0 Å². The summed E-state index contributed by atoms with van der Waals surface area (Å²) >= 11 is 0. The third-order valence-corrected chi connectivity index (χ3v) is 3.62. The van der Waals surface area contributed by atoms with E-state index in [-0.39, 0.29) is 11.7 Å². The molecule has 0 bridgehead atoms. The Labute approximate surface area is 124 Å². The van der Waals surface area contributed by atoms with Gasteiger partial charge in [0, 0.05) is 18.6 Å². The van der Waals surface area contributed by atoms with Crippen LogP contribution in [0, 0.1) is 0 Å². The molecule has 0 aromatic heterocycles. The van der Waals surface area contributed by atoms with Crippen LogP contribution in [-0.2, 0) is 9.57 Å². The van der Waals surface area contributed by atoms with Crippen molar-refractivity contribution in [1.82, 2.24) is 5.48 Å². The summed E-state index contributed by atoms with van der Waals surface area (Å²) in [5.41, 5.74) is 4.63. The zero-order valence-electron chi connectivity index (χ0n) is 12.6. The van der Waals surface area contributed by atoms with E-state index in [4.69, 9.17) is 19.0 Å². The van der Waals surface area contributed by atoms with E-state index >= 15 is 0 Å². The average Bonchev–Trinajstić information content (AvgIpc) is 3.09. The molecule has 5 heteroatoms. The normalized spacial score (nSPS) is 24.3. The largest absolute Gasteiger partial charge is 0.493 e. The average molecular weight is 291 g/mol. The quantitative estimate of drug-likeness (QED) is 0.923. The molecule has 2 aliphatic rings. The van der Waals surface area contributed by atoms with Crippen molar-refractivity contribution >= 4 is 5.70 Å². The highest BCUT2D eigenvalue weighted by Crippen LogP contribution is 2.36. The number of hydrogen-bond donors (Lipinski definition) is 1. The smallest absolute Gasteiger partial charge is 0.162 e. The minimum Gasteiger partial charge on any atom is -0.493 e. The van der Waals surface area contributed by atoms with Crippen LogP contribution < -0.4 is 15.0 Å². The predicted octanol–water partition coefficient (Wildman–Crippen LogP) is 2.52. The molecule has 3 rings (SSSR count). The molecule has 1 spiro atoms. The van der Waals surface area contributed by atoms with Crippen LogP contribution in [0.25, 0.3) is 5.70 Å². The van der Waals surface area contributed by atoms with E-state index < -0.39 is 0 Å². The Morgan fingerprint density at radius 2 is 2.14 bits per heavy atom. The Morgan fingerprint density at radius 1 is 1.29 bits per heavy atom. The molecule has 1 aromatic rings. The molecule has 0 saturated carbocycles. The fraction of sp³-hybridized carbons (Fsp3) is 0.500. The van der Waals surface area contributed by atoms with Crippen molar-refractivity contribution in [3.63, 3.8) is 0 Å². The number of benzene rings is 1. The number of hydroxylamine groups is 1. The second-order valence-electron chi connectivity index (χ2n) is 5.66. The van der Waals surface area contributed by atoms with Gasteiger partial charge in [0.05, 0.1) is 25.5 Å². The van der Waals surface area contributed by atoms with Crippen LogP contribution >= 0.6 is 0 Å². The zero-order chi connectivity index (χ0) is 14.9. The second-order valence-corrected chi connectivity index (χ2v) is 5.66. The maximum Gasteiger partial charge on any atom is 0.162 e. The lowest BCUT2D eigenvalue weighted by molar-refractivity contribution is -0.0373. The van der Waals surface area contributed by atoms with Crippen LogP contribution in [0.3, 0.4) is 0 Å². The van der Waals surface area contributed by atoms with Gasteiger partial charge in [-0.2, -0.15) is 0 Å². The lowest BCUT2D eigenvalue weighted by atomic mass is 10.0. The molecule has 2 heterocycles. The summed E-state index contributed by atoms with van der Waals surface area (Å²) < 4.78 is 16.6. The zero-order valence-corrected chi connectivity index (χ0v) is 12.6. The summed E-state index contributed by atoms with van der Waals surface area (Å²) in [6, 6.07) is 5.87. The van der Waals surface area contributed by atoms with E-state index in [2.05, 4.69) is 11.6 Å². The van der Waals surface area contributed by atoms with E-state index in [9.17, 15) is 0 Å². The van der Waals surface area contributed by atoms with E-state index in [1.54, 1.807) is 7.11 Å². The molecule has 2 aliphatic heterocycles. The summed E-state index contributed by atoms with van der Waals surface area (Å²) in [5, 5.41) is 0. The first-order valence-corrected chi connectivity index (χ1v) is 7.21. The Bertz CT molecular complexity index is 547. The van der Waals surface area contributed by atoms with E-state index in [0.29, 0.717) is 6.61 Å². The molecule has 5 nitrogen and oxygen atoms in total. The number of ether oxygens (including phenoxy) is 3. The molecular formula is C16H21NO4. The minimum absolute atomic E-state index is 0.0884. The lowest BCUT2D eigenvalue weighted by Gasteiger charge is -2.15. The van der Waals surface area contributed by atoms with E-state index in [0.717, 1.165) is 35.8 Å². The Balaban J connectivity index is 1.89. The molecule has 1 unspecified atom stereocenters. The standard InChI is InChI=1S/C16H21NO4/c1-11(2)20-15-8-12(4-5-14(15)18-3)13-9-16(21-17-13)6-7-19-10-16/h4-5,8-9,11,17H,6-7,10H2,1-3H3. The van der Waals surface area contributed by atoms with Gasteiger partial charge in [-0.05, 0) is 38.1 Å². The minimum atomic E-state index is -0.325. The Morgan fingerprint density at radius 3 is 2.81 bits per heavy atom. The topological polar surface area (TPSA) is 49.0 Å². The first-order chi connectivity index (χ1) is 10.1. The highest BCUT2D eigenvalue weighted by molar-refractivity contribution is 5.68. The van der Waals surface area contributed by atoms with Gasteiger partial charge < -0.3 is 14.2 Å². The van der Waals surface area contributed by atoms with Crippen molar-refractivity contribution < 1.29 is 19.0 Å². The van der Waals surface area contributed by atoms with Gasteiger partial charge in [0.2, 0.25) is 0 Å². The molecule has 0 radical (unpaired) electrons. The van der Waals surface area contributed by atoms with Gasteiger partial charge in [-0.25, -0.2) is 0 Å². The number of methoxy groups -OCH3 is 1. The van der Waals surface area contributed by atoms with Crippen molar-refractivity contribution in [3.8, 4) is 11.5 Å². The summed E-state index contributed by atoms with van der Waals surface area (Å²) in [6.07, 6.45) is 3.06. The van der Waals surface area contributed by atoms with Crippen molar-refractivity contribution in [2.24, 2.45) is 0 Å². The van der Waals surface area contributed by atoms with Crippen LogP contribution in [-0.4, -0.2) is 32.0 Å². The van der Waals surface area contributed by atoms with Gasteiger partial charge in [0.15, 0.2) is 11.5 Å². The maximum atomic E-state index is 5.81. The Hall–Kier alpha value is -1.72. The molecule has 0 amide bonds. The van der Waals surface area contributed by atoms with Crippen LogP contribution in [0.4, 0.5) is 0 Å². The fourth-order valence-electron chi connectivity index (χ4n) is 2.57. The summed E-state index contributed by atoms with van der Waals surface area (Å²) in [6.45, 7) is 5.31. The highest BCUT2D eigenvalue weighted by atomic mass is 16.7. The molecule has 1 fully saturated rings. The molecule has 0 aliphatic carbocycles. The molecule has 1 N–H and O–H groups in total. The van der Waals surface area contributed by atoms with Crippen LogP contribution in [0.1, 0.15) is 25.8 Å².